The third-order valence-corrected chi connectivity index (χ3v) is 7.85. The van der Waals surface area contributed by atoms with Gasteiger partial charge >= 0.3 is 12.4 Å². The molecule has 0 aliphatic heterocycles. The summed E-state index contributed by atoms with van der Waals surface area (Å²) in [5.74, 6) is -0.553. The maximum absolute atomic E-state index is 13.4. The van der Waals surface area contributed by atoms with Gasteiger partial charge in [-0.1, -0.05) is 69.1 Å². The second-order valence-corrected chi connectivity index (χ2v) is 11.9. The monoisotopic (exact) mass is 745 g/mol. The summed E-state index contributed by atoms with van der Waals surface area (Å²) in [6, 6.07) is 20.8. The molecular weight excluding hydrogens is 716 g/mol. The number of carbonyl (C=O) groups excluding carboxylic acids is 1. The highest BCUT2D eigenvalue weighted by molar-refractivity contribution is 9.10. The number of benzene rings is 3. The summed E-state index contributed by atoms with van der Waals surface area (Å²) in [6.07, 6.45) is -5.53. The first-order valence-corrected chi connectivity index (χ1v) is 15.2. The van der Waals surface area contributed by atoms with E-state index in [4.69, 9.17) is 5.73 Å². The molecule has 3 aromatic carbocycles. The van der Waals surface area contributed by atoms with Gasteiger partial charge in [-0.15, -0.1) is 0 Å². The van der Waals surface area contributed by atoms with E-state index in [1.165, 1.54) is 29.8 Å². The van der Waals surface area contributed by atoms with Crippen LogP contribution in [0.15, 0.2) is 87.8 Å². The average molecular weight is 747 g/mol. The largest absolute Gasteiger partial charge is 0.418 e. The fraction of sp³-hybridized carbons (Fsp3) is 0.281. The Morgan fingerprint density at radius 3 is 2.00 bits per heavy atom. The molecule has 0 saturated carbocycles. The van der Waals surface area contributed by atoms with Gasteiger partial charge < -0.3 is 15.6 Å². The fourth-order valence-corrected chi connectivity index (χ4v) is 5.29. The smallest absolute Gasteiger partial charge is 0.398 e. The first kappa shape index (κ1) is 35.2. The minimum Gasteiger partial charge on any atom is -0.398 e. The van der Waals surface area contributed by atoms with E-state index >= 15 is 0 Å². The summed E-state index contributed by atoms with van der Waals surface area (Å²) in [6.45, 7) is 4.04. The standard InChI is InChI=1S/C25H26BrF3N2O.C7H5BrF3N/c1-3-17(2)31-20(11-7-10-18-8-5-4-6-9-18)13-15-23(31)24(32)30-22-16-19(26)12-14-21(22)25(27,28)29;8-4-1-2-5(6(12)3-4)7(9,10)11/h4-6,8-9,12-17H,3,7,10-11H2,1-2H3,(H,30,32);1-3H,12H2/t17-;/m0./s1. The number of nitrogen functional groups attached to an aromatic ring is 1. The molecule has 44 heavy (non-hydrogen) atoms. The van der Waals surface area contributed by atoms with E-state index in [1.54, 1.807) is 6.07 Å². The molecular formula is C32H31Br2F6N3O. The topological polar surface area (TPSA) is 60.0 Å². The highest BCUT2D eigenvalue weighted by Crippen LogP contribution is 2.37. The van der Waals surface area contributed by atoms with E-state index < -0.39 is 29.4 Å². The highest BCUT2D eigenvalue weighted by atomic mass is 79.9. The predicted molar refractivity (Wildman–Crippen MR) is 169 cm³/mol. The van der Waals surface area contributed by atoms with Crippen LogP contribution in [-0.2, 0) is 25.2 Å². The zero-order valence-corrected chi connectivity index (χ0v) is 27.0. The molecule has 4 aromatic rings. The summed E-state index contributed by atoms with van der Waals surface area (Å²) in [5, 5.41) is 2.48. The number of amides is 1. The average Bonchev–Trinajstić information content (AvgIpc) is 3.36. The highest BCUT2D eigenvalue weighted by Gasteiger charge is 2.34. The number of aryl methyl sites for hydroxylation is 2. The number of rotatable bonds is 8. The molecule has 1 heterocycles. The van der Waals surface area contributed by atoms with Crippen molar-refractivity contribution in [3.8, 4) is 0 Å². The summed E-state index contributed by atoms with van der Waals surface area (Å²) < 4.78 is 79.4. The number of nitrogens with zero attached hydrogens (tertiary/aromatic N) is 1. The number of hydrogen-bond donors (Lipinski definition) is 2. The maximum Gasteiger partial charge on any atom is 0.418 e. The predicted octanol–water partition coefficient (Wildman–Crippen LogP) is 10.7. The van der Waals surface area contributed by atoms with Crippen LogP contribution in [0.4, 0.5) is 37.7 Å². The van der Waals surface area contributed by atoms with E-state index in [-0.39, 0.29) is 17.4 Å². The van der Waals surface area contributed by atoms with Crippen molar-refractivity contribution in [1.82, 2.24) is 4.57 Å². The third kappa shape index (κ3) is 9.62. The Morgan fingerprint density at radius 1 is 0.841 bits per heavy atom. The van der Waals surface area contributed by atoms with E-state index in [1.807, 2.05) is 42.7 Å². The van der Waals surface area contributed by atoms with Crippen LogP contribution in [0.5, 0.6) is 0 Å². The third-order valence-electron chi connectivity index (χ3n) is 6.86. The van der Waals surface area contributed by atoms with E-state index in [9.17, 15) is 31.1 Å². The molecule has 1 aromatic heterocycles. The summed E-state index contributed by atoms with van der Waals surface area (Å²) in [7, 11) is 0. The van der Waals surface area contributed by atoms with E-state index in [0.717, 1.165) is 43.5 Å². The number of aromatic nitrogens is 1. The molecule has 0 aliphatic rings. The summed E-state index contributed by atoms with van der Waals surface area (Å²) in [4.78, 5) is 13.0. The van der Waals surface area contributed by atoms with Gasteiger partial charge in [0.2, 0.25) is 0 Å². The minimum atomic E-state index is -4.56. The second-order valence-electron chi connectivity index (χ2n) is 10.0. The molecule has 3 N–H and O–H groups in total. The van der Waals surface area contributed by atoms with Crippen LogP contribution in [0.25, 0.3) is 0 Å². The van der Waals surface area contributed by atoms with Crippen LogP contribution in [0.2, 0.25) is 0 Å². The Kier molecular flexibility index (Phi) is 12.1. The molecule has 0 aliphatic carbocycles. The van der Waals surface area contributed by atoms with Gasteiger partial charge in [-0.25, -0.2) is 0 Å². The summed E-state index contributed by atoms with van der Waals surface area (Å²) in [5.41, 5.74) is 5.57. The summed E-state index contributed by atoms with van der Waals surface area (Å²) >= 11 is 6.20. The van der Waals surface area contributed by atoms with Crippen molar-refractivity contribution >= 4 is 49.1 Å². The second kappa shape index (κ2) is 15.2. The molecule has 0 saturated heterocycles. The van der Waals surface area contributed by atoms with Crippen LogP contribution in [0, 0.1) is 0 Å². The van der Waals surface area contributed by atoms with Gasteiger partial charge in [0.05, 0.1) is 16.8 Å². The van der Waals surface area contributed by atoms with Crippen LogP contribution < -0.4 is 11.1 Å². The van der Waals surface area contributed by atoms with Crippen molar-refractivity contribution in [1.29, 1.82) is 0 Å². The molecule has 236 valence electrons. The number of nitrogens with two attached hydrogens (primary N) is 1. The number of halogens is 8. The van der Waals surface area contributed by atoms with Crippen molar-refractivity contribution < 1.29 is 31.1 Å². The van der Waals surface area contributed by atoms with Crippen molar-refractivity contribution in [2.24, 2.45) is 0 Å². The zero-order valence-electron chi connectivity index (χ0n) is 23.9. The molecule has 1 atom stereocenters. The number of alkyl halides is 6. The van der Waals surface area contributed by atoms with Gasteiger partial charge in [0.15, 0.2) is 0 Å². The lowest BCUT2D eigenvalue weighted by atomic mass is 10.1. The lowest BCUT2D eigenvalue weighted by Crippen LogP contribution is -2.22. The van der Waals surface area contributed by atoms with Gasteiger partial charge in [-0.05, 0) is 86.7 Å². The van der Waals surface area contributed by atoms with Crippen molar-refractivity contribution in [3.05, 3.63) is 116 Å². The minimum absolute atomic E-state index is 0.0436. The molecule has 4 nitrogen and oxygen atoms in total. The first-order valence-electron chi connectivity index (χ1n) is 13.7. The number of anilines is 2. The van der Waals surface area contributed by atoms with E-state index in [0.29, 0.717) is 14.6 Å². The quantitative estimate of drug-likeness (QED) is 0.139. The molecule has 4 rings (SSSR count). The molecule has 0 spiro atoms. The molecule has 0 unspecified atom stereocenters. The van der Waals surface area contributed by atoms with Gasteiger partial charge in [0.1, 0.15) is 5.69 Å². The van der Waals surface area contributed by atoms with Crippen molar-refractivity contribution in [2.75, 3.05) is 11.1 Å². The SMILES string of the molecule is CC[C@H](C)n1c(CCCc2ccccc2)ccc1C(=O)Nc1cc(Br)ccc1C(F)(F)F.Nc1cc(Br)ccc1C(F)(F)F. The Hall–Kier alpha value is -3.25. The molecule has 0 fully saturated rings. The van der Waals surface area contributed by atoms with Crippen LogP contribution in [-0.4, -0.2) is 10.5 Å². The fourth-order valence-electron chi connectivity index (χ4n) is 4.55. The maximum atomic E-state index is 13.4. The molecule has 0 bridgehead atoms. The van der Waals surface area contributed by atoms with Gasteiger partial charge in [-0.3, -0.25) is 4.79 Å². The van der Waals surface area contributed by atoms with Crippen molar-refractivity contribution in [3.63, 3.8) is 0 Å². The van der Waals surface area contributed by atoms with Crippen LogP contribution >= 0.6 is 31.9 Å². The lowest BCUT2D eigenvalue weighted by molar-refractivity contribution is -0.137. The molecule has 0 radical (unpaired) electrons. The van der Waals surface area contributed by atoms with Crippen LogP contribution in [0.3, 0.4) is 0 Å². The number of hydrogen-bond acceptors (Lipinski definition) is 2. The zero-order chi connectivity index (χ0) is 32.7. The normalized spacial score (nSPS) is 12.3. The van der Waals surface area contributed by atoms with Gasteiger partial charge in [0.25, 0.3) is 5.91 Å². The van der Waals surface area contributed by atoms with Crippen LogP contribution in [0.1, 0.15) is 65.6 Å². The Balaban J connectivity index is 0.000000369. The van der Waals surface area contributed by atoms with Gasteiger partial charge in [0, 0.05) is 26.4 Å². The molecule has 12 heteroatoms. The Labute approximate surface area is 268 Å². The van der Waals surface area contributed by atoms with Gasteiger partial charge in [-0.2, -0.15) is 26.3 Å². The first-order chi connectivity index (χ1) is 20.6. The van der Waals surface area contributed by atoms with E-state index in [2.05, 4.69) is 49.3 Å². The number of nitrogens with one attached hydrogen (secondary N) is 1. The Morgan fingerprint density at radius 2 is 1.43 bits per heavy atom. The van der Waals surface area contributed by atoms with Crippen molar-refractivity contribution in [2.45, 2.75) is 57.9 Å². The Bertz CT molecular complexity index is 1550. The lowest BCUT2D eigenvalue weighted by Gasteiger charge is -2.20. The molecule has 1 amide bonds. The number of carbonyl (C=O) groups is 1.